The molecule has 2 unspecified atom stereocenters. The lowest BCUT2D eigenvalue weighted by Crippen LogP contribution is -2.43. The molecule has 1 aromatic heterocycles. The Kier molecular flexibility index (Phi) is 4.52. The summed E-state index contributed by atoms with van der Waals surface area (Å²) in [5, 5.41) is 0. The number of fused-ring (bicyclic) bond motifs is 1. The predicted molar refractivity (Wildman–Crippen MR) is 86.8 cm³/mol. The van der Waals surface area contributed by atoms with Gasteiger partial charge in [0.2, 0.25) is 0 Å². The SMILES string of the molecule is C#C[C@@]1(C)C(n2ccc(=O)[nH]c2=O)O[C@@H]2COP(=O)(OC(C)C)O[C@H]21. The Morgan fingerprint density at radius 1 is 1.52 bits per heavy atom. The number of phosphoric acid groups is 1. The summed E-state index contributed by atoms with van der Waals surface area (Å²) in [5.74, 6) is 2.59. The molecule has 0 radical (unpaired) electrons. The number of ether oxygens (including phenoxy) is 1. The van der Waals surface area contributed by atoms with Gasteiger partial charge in [-0.25, -0.2) is 9.36 Å². The molecular weight excluding hydrogens is 351 g/mol. The number of nitrogens with zero attached hydrogens (tertiary/aromatic N) is 1. The first-order valence-electron chi connectivity index (χ1n) is 7.74. The molecule has 136 valence electrons. The normalized spacial score (nSPS) is 37.6. The van der Waals surface area contributed by atoms with E-state index in [4.69, 9.17) is 24.7 Å². The third kappa shape index (κ3) is 3.12. The van der Waals surface area contributed by atoms with Crippen molar-refractivity contribution in [2.45, 2.75) is 45.3 Å². The second-order valence-electron chi connectivity index (χ2n) is 6.39. The van der Waals surface area contributed by atoms with E-state index in [2.05, 4.69) is 10.9 Å². The van der Waals surface area contributed by atoms with E-state index in [-0.39, 0.29) is 12.7 Å². The van der Waals surface area contributed by atoms with Crippen LogP contribution in [0.15, 0.2) is 21.9 Å². The van der Waals surface area contributed by atoms with Crippen LogP contribution >= 0.6 is 7.82 Å². The molecule has 1 aromatic rings. The maximum Gasteiger partial charge on any atom is 0.475 e. The summed E-state index contributed by atoms with van der Waals surface area (Å²) in [4.78, 5) is 25.5. The Hall–Kier alpha value is -1.69. The van der Waals surface area contributed by atoms with Crippen LogP contribution in [-0.4, -0.2) is 34.5 Å². The van der Waals surface area contributed by atoms with Crippen LogP contribution in [0.2, 0.25) is 0 Å². The number of rotatable bonds is 3. The topological polar surface area (TPSA) is 109 Å². The fourth-order valence-corrected chi connectivity index (χ4v) is 4.63. The van der Waals surface area contributed by atoms with E-state index in [0.717, 1.165) is 0 Å². The van der Waals surface area contributed by atoms with Gasteiger partial charge in [0.1, 0.15) is 17.6 Å². The van der Waals surface area contributed by atoms with Crippen LogP contribution in [0.4, 0.5) is 0 Å². The molecule has 2 aliphatic rings. The van der Waals surface area contributed by atoms with E-state index in [0.29, 0.717) is 0 Å². The number of hydrogen-bond acceptors (Lipinski definition) is 7. The van der Waals surface area contributed by atoms with Crippen LogP contribution in [0.3, 0.4) is 0 Å². The van der Waals surface area contributed by atoms with Gasteiger partial charge in [-0.3, -0.25) is 27.9 Å². The summed E-state index contributed by atoms with van der Waals surface area (Å²) in [7, 11) is -3.79. The monoisotopic (exact) mass is 370 g/mol. The first-order valence-corrected chi connectivity index (χ1v) is 9.20. The van der Waals surface area contributed by atoms with Crippen LogP contribution in [0.1, 0.15) is 27.0 Å². The van der Waals surface area contributed by atoms with Crippen molar-refractivity contribution in [3.63, 3.8) is 0 Å². The van der Waals surface area contributed by atoms with Gasteiger partial charge in [0.05, 0.1) is 12.7 Å². The van der Waals surface area contributed by atoms with Crippen molar-refractivity contribution in [3.8, 4) is 12.3 Å². The minimum absolute atomic E-state index is 0.0550. The maximum absolute atomic E-state index is 12.6. The van der Waals surface area contributed by atoms with Gasteiger partial charge < -0.3 is 4.74 Å². The quantitative estimate of drug-likeness (QED) is 0.625. The van der Waals surface area contributed by atoms with Crippen molar-refractivity contribution in [2.75, 3.05) is 6.61 Å². The van der Waals surface area contributed by atoms with Gasteiger partial charge in [-0.2, -0.15) is 0 Å². The lowest BCUT2D eigenvalue weighted by molar-refractivity contribution is -0.0749. The molecule has 3 rings (SSSR count). The second kappa shape index (κ2) is 6.24. The molecule has 2 aliphatic heterocycles. The minimum atomic E-state index is -3.79. The molecule has 0 saturated carbocycles. The average molecular weight is 370 g/mol. The molecule has 2 fully saturated rings. The Balaban J connectivity index is 1.98. The third-order valence-corrected chi connectivity index (χ3v) is 5.77. The molecule has 0 amide bonds. The highest BCUT2D eigenvalue weighted by Gasteiger charge is 2.60. The van der Waals surface area contributed by atoms with Gasteiger partial charge in [0, 0.05) is 12.3 Å². The van der Waals surface area contributed by atoms with Gasteiger partial charge in [-0.1, -0.05) is 5.92 Å². The molecule has 3 heterocycles. The van der Waals surface area contributed by atoms with E-state index >= 15 is 0 Å². The van der Waals surface area contributed by atoms with Gasteiger partial charge in [0.15, 0.2) is 6.23 Å². The zero-order valence-electron chi connectivity index (χ0n) is 14.0. The van der Waals surface area contributed by atoms with Crippen molar-refractivity contribution in [1.29, 1.82) is 0 Å². The highest BCUT2D eigenvalue weighted by atomic mass is 31.2. The molecule has 0 spiro atoms. The van der Waals surface area contributed by atoms with Crippen molar-refractivity contribution in [1.82, 2.24) is 9.55 Å². The number of aromatic amines is 1. The summed E-state index contributed by atoms with van der Waals surface area (Å²) in [6.45, 7) is 5.00. The van der Waals surface area contributed by atoms with Gasteiger partial charge >= 0.3 is 13.5 Å². The van der Waals surface area contributed by atoms with Crippen LogP contribution in [0.5, 0.6) is 0 Å². The van der Waals surface area contributed by atoms with Crippen molar-refractivity contribution in [3.05, 3.63) is 33.1 Å². The highest BCUT2D eigenvalue weighted by Crippen LogP contribution is 2.61. The largest absolute Gasteiger partial charge is 0.475 e. The number of H-pyrrole nitrogens is 1. The van der Waals surface area contributed by atoms with Crippen LogP contribution in [-0.2, 0) is 22.9 Å². The Morgan fingerprint density at radius 3 is 2.84 bits per heavy atom. The Labute approximate surface area is 143 Å². The minimum Gasteiger partial charge on any atom is -0.348 e. The number of hydrogen-bond donors (Lipinski definition) is 1. The number of aromatic nitrogens is 2. The highest BCUT2D eigenvalue weighted by molar-refractivity contribution is 7.48. The summed E-state index contributed by atoms with van der Waals surface area (Å²) in [6, 6.07) is 1.19. The first-order chi connectivity index (χ1) is 11.7. The van der Waals surface area contributed by atoms with Crippen LogP contribution in [0.25, 0.3) is 0 Å². The zero-order chi connectivity index (χ0) is 18.4. The maximum atomic E-state index is 12.6. The average Bonchev–Trinajstić information content (AvgIpc) is 2.79. The Bertz CT molecular complexity index is 870. The summed E-state index contributed by atoms with van der Waals surface area (Å²) in [5.41, 5.74) is -2.33. The molecular formula is C15H19N2O7P. The number of nitrogens with one attached hydrogen (secondary N) is 1. The molecule has 0 bridgehead atoms. The molecule has 0 aliphatic carbocycles. The van der Waals surface area contributed by atoms with Gasteiger partial charge in [-0.15, -0.1) is 6.42 Å². The molecule has 0 aromatic carbocycles. The summed E-state index contributed by atoms with van der Waals surface area (Å²) >= 11 is 0. The van der Waals surface area contributed by atoms with E-state index in [1.54, 1.807) is 20.8 Å². The molecule has 1 N–H and O–H groups in total. The number of phosphoric ester groups is 1. The standard InChI is InChI=1S/C15H19N2O7P/c1-5-15(4)12-10(8-21-25(20,24-12)23-9(2)3)22-13(15)17-7-6-11(18)16-14(17)19/h1,6-7,9-10,12-13H,8H2,2-4H3,(H,16,18,19)/t10-,12-,13?,15-,25?/m1/s1. The number of terminal acetylenes is 1. The van der Waals surface area contributed by atoms with Crippen LogP contribution in [0, 0.1) is 17.8 Å². The molecule has 2 saturated heterocycles. The van der Waals surface area contributed by atoms with Gasteiger partial charge in [0.25, 0.3) is 5.56 Å². The fourth-order valence-electron chi connectivity index (χ4n) is 2.98. The van der Waals surface area contributed by atoms with E-state index < -0.39 is 42.9 Å². The molecule has 9 nitrogen and oxygen atoms in total. The third-order valence-electron chi connectivity index (χ3n) is 4.14. The predicted octanol–water partition coefficient (Wildman–Crippen LogP) is 1.02. The molecule has 25 heavy (non-hydrogen) atoms. The molecule has 10 heteroatoms. The second-order valence-corrected chi connectivity index (χ2v) is 7.97. The lowest BCUT2D eigenvalue weighted by atomic mass is 9.83. The summed E-state index contributed by atoms with van der Waals surface area (Å²) < 4.78 is 35.8. The van der Waals surface area contributed by atoms with Crippen molar-refractivity contribution in [2.24, 2.45) is 5.41 Å². The first kappa shape index (κ1) is 18.1. The summed E-state index contributed by atoms with van der Waals surface area (Å²) in [6.07, 6.45) is 4.26. The zero-order valence-corrected chi connectivity index (χ0v) is 14.9. The van der Waals surface area contributed by atoms with Crippen LogP contribution < -0.4 is 11.2 Å². The van der Waals surface area contributed by atoms with Gasteiger partial charge in [-0.05, 0) is 20.8 Å². The van der Waals surface area contributed by atoms with Crippen molar-refractivity contribution < 1.29 is 22.9 Å². The Morgan fingerprint density at radius 2 is 2.24 bits per heavy atom. The smallest absolute Gasteiger partial charge is 0.348 e. The molecule has 5 atom stereocenters. The lowest BCUT2D eigenvalue weighted by Gasteiger charge is -2.35. The van der Waals surface area contributed by atoms with E-state index in [1.165, 1.54) is 16.8 Å². The van der Waals surface area contributed by atoms with E-state index in [9.17, 15) is 14.2 Å². The van der Waals surface area contributed by atoms with Crippen molar-refractivity contribution >= 4 is 7.82 Å². The fraction of sp³-hybridized carbons (Fsp3) is 0.600. The van der Waals surface area contributed by atoms with E-state index in [1.807, 2.05) is 0 Å².